The number of carbonyl (C=O) groups excluding carboxylic acids is 1. The first-order valence-corrected chi connectivity index (χ1v) is 8.44. The van der Waals surface area contributed by atoms with Crippen LogP contribution >= 0.6 is 0 Å². The average Bonchev–Trinajstić information content (AvgIpc) is 2.85. The molecule has 4 rings (SSSR count). The summed E-state index contributed by atoms with van der Waals surface area (Å²) in [7, 11) is 0. The van der Waals surface area contributed by atoms with Gasteiger partial charge in [-0.05, 0) is 25.0 Å². The van der Waals surface area contributed by atoms with Crippen molar-refractivity contribution in [2.24, 2.45) is 0 Å². The van der Waals surface area contributed by atoms with E-state index in [1.807, 2.05) is 6.07 Å². The Morgan fingerprint density at radius 1 is 1.20 bits per heavy atom. The van der Waals surface area contributed by atoms with Gasteiger partial charge in [-0.2, -0.15) is 0 Å². The molecule has 128 valence electrons. The first kappa shape index (κ1) is 15.6. The molecule has 7 heteroatoms. The first-order chi connectivity index (χ1) is 12.2. The number of carbonyl (C=O) groups is 1. The fourth-order valence-electron chi connectivity index (χ4n) is 3.15. The molecular weight excluding hydrogens is 320 g/mol. The van der Waals surface area contributed by atoms with Crippen molar-refractivity contribution in [3.63, 3.8) is 0 Å². The highest BCUT2D eigenvalue weighted by molar-refractivity contribution is 5.96. The lowest BCUT2D eigenvalue weighted by Crippen LogP contribution is -2.29. The highest BCUT2D eigenvalue weighted by atomic mass is 16.4. The molecule has 1 aliphatic rings. The van der Waals surface area contributed by atoms with Crippen molar-refractivity contribution in [2.45, 2.75) is 38.8 Å². The van der Waals surface area contributed by atoms with Crippen LogP contribution in [0.25, 0.3) is 11.0 Å². The van der Waals surface area contributed by atoms with E-state index in [0.717, 1.165) is 37.5 Å². The molecule has 1 N–H and O–H groups in total. The van der Waals surface area contributed by atoms with E-state index in [9.17, 15) is 9.59 Å². The van der Waals surface area contributed by atoms with E-state index in [4.69, 9.17) is 4.42 Å². The highest BCUT2D eigenvalue weighted by Gasteiger charge is 2.17. The van der Waals surface area contributed by atoms with Crippen LogP contribution in [0.15, 0.2) is 39.5 Å². The number of benzene rings is 1. The Hall–Kier alpha value is -2.96. The van der Waals surface area contributed by atoms with Gasteiger partial charge in [-0.15, -0.1) is 10.2 Å². The van der Waals surface area contributed by atoms with Crippen molar-refractivity contribution in [3.05, 3.63) is 58.0 Å². The summed E-state index contributed by atoms with van der Waals surface area (Å²) in [4.78, 5) is 24.5. The summed E-state index contributed by atoms with van der Waals surface area (Å²) in [5.74, 6) is 1.22. The Kier molecular flexibility index (Phi) is 4.05. The zero-order valence-corrected chi connectivity index (χ0v) is 13.7. The third-order valence-electron chi connectivity index (χ3n) is 4.48. The second-order valence-corrected chi connectivity index (χ2v) is 6.16. The Labute approximate surface area is 143 Å². The minimum absolute atomic E-state index is 0.00527. The van der Waals surface area contributed by atoms with Crippen LogP contribution in [0.1, 0.15) is 41.3 Å². The molecule has 0 saturated carbocycles. The molecule has 0 aliphatic carbocycles. The molecule has 3 heterocycles. The first-order valence-electron chi connectivity index (χ1n) is 8.44. The highest BCUT2D eigenvalue weighted by Crippen LogP contribution is 2.15. The summed E-state index contributed by atoms with van der Waals surface area (Å²) < 4.78 is 7.27. The van der Waals surface area contributed by atoms with Crippen molar-refractivity contribution >= 4 is 16.9 Å². The van der Waals surface area contributed by atoms with Crippen molar-refractivity contribution in [1.82, 2.24) is 20.1 Å². The third-order valence-corrected chi connectivity index (χ3v) is 4.48. The Bertz CT molecular complexity index is 989. The second kappa shape index (κ2) is 6.51. The van der Waals surface area contributed by atoms with Crippen molar-refractivity contribution in [2.75, 3.05) is 0 Å². The van der Waals surface area contributed by atoms with Gasteiger partial charge in [-0.25, -0.2) is 4.79 Å². The number of aryl methyl sites for hydroxylation is 1. The van der Waals surface area contributed by atoms with E-state index in [1.54, 1.807) is 24.3 Å². The second-order valence-electron chi connectivity index (χ2n) is 6.16. The van der Waals surface area contributed by atoms with Gasteiger partial charge in [-0.1, -0.05) is 24.6 Å². The van der Waals surface area contributed by atoms with Crippen molar-refractivity contribution < 1.29 is 9.21 Å². The molecule has 3 aromatic rings. The molecule has 1 aliphatic heterocycles. The maximum Gasteiger partial charge on any atom is 0.349 e. The number of amides is 1. The van der Waals surface area contributed by atoms with E-state index >= 15 is 0 Å². The summed E-state index contributed by atoms with van der Waals surface area (Å²) in [5.41, 5.74) is -0.183. The predicted octanol–water partition coefficient (Wildman–Crippen LogP) is 2.04. The van der Waals surface area contributed by atoms with Crippen LogP contribution in [-0.4, -0.2) is 20.7 Å². The molecule has 25 heavy (non-hydrogen) atoms. The van der Waals surface area contributed by atoms with Crippen molar-refractivity contribution in [1.29, 1.82) is 0 Å². The van der Waals surface area contributed by atoms with Gasteiger partial charge >= 0.3 is 5.63 Å². The number of para-hydroxylation sites is 1. The zero-order chi connectivity index (χ0) is 17.2. The van der Waals surface area contributed by atoms with Crippen LogP contribution in [0.4, 0.5) is 0 Å². The molecule has 7 nitrogen and oxygen atoms in total. The van der Waals surface area contributed by atoms with Crippen molar-refractivity contribution in [3.8, 4) is 0 Å². The molecule has 0 unspecified atom stereocenters. The van der Waals surface area contributed by atoms with Crippen LogP contribution in [0, 0.1) is 0 Å². The van der Waals surface area contributed by atoms with E-state index in [2.05, 4.69) is 20.1 Å². The van der Waals surface area contributed by atoms with Gasteiger partial charge < -0.3 is 14.3 Å². The van der Waals surface area contributed by atoms with Gasteiger partial charge in [0.05, 0.1) is 6.54 Å². The summed E-state index contributed by atoms with van der Waals surface area (Å²) in [5, 5.41) is 11.8. The van der Waals surface area contributed by atoms with E-state index in [-0.39, 0.29) is 12.1 Å². The summed E-state index contributed by atoms with van der Waals surface area (Å²) in [6.45, 7) is 1.10. The Balaban J connectivity index is 1.54. The quantitative estimate of drug-likeness (QED) is 0.738. The molecule has 0 atom stereocenters. The zero-order valence-electron chi connectivity index (χ0n) is 13.7. The summed E-state index contributed by atoms with van der Waals surface area (Å²) in [6.07, 6.45) is 4.28. The number of hydrogen-bond acceptors (Lipinski definition) is 5. The SMILES string of the molecule is O=C(NCc1nnc2n1CCCCC2)c1cc2ccccc2oc1=O. The van der Waals surface area contributed by atoms with Crippen LogP contribution in [0.3, 0.4) is 0 Å². The van der Waals surface area contributed by atoms with Crippen LogP contribution in [0.2, 0.25) is 0 Å². The maximum atomic E-state index is 12.4. The number of rotatable bonds is 3. The smallest absolute Gasteiger partial charge is 0.349 e. The predicted molar refractivity (Wildman–Crippen MR) is 91.2 cm³/mol. The molecule has 0 spiro atoms. The summed E-state index contributed by atoms with van der Waals surface area (Å²) >= 11 is 0. The van der Waals surface area contributed by atoms with Gasteiger partial charge in [0.15, 0.2) is 5.82 Å². The normalized spacial score (nSPS) is 14.1. The number of nitrogens with one attached hydrogen (secondary N) is 1. The Morgan fingerprint density at radius 3 is 3.00 bits per heavy atom. The molecule has 0 radical (unpaired) electrons. The molecule has 0 saturated heterocycles. The van der Waals surface area contributed by atoms with Crippen LogP contribution < -0.4 is 10.9 Å². The maximum absolute atomic E-state index is 12.4. The van der Waals surface area contributed by atoms with Crippen LogP contribution in [-0.2, 0) is 19.5 Å². The Morgan fingerprint density at radius 2 is 2.08 bits per heavy atom. The molecule has 0 bridgehead atoms. The van der Waals surface area contributed by atoms with E-state index in [1.165, 1.54) is 6.42 Å². The number of hydrogen-bond donors (Lipinski definition) is 1. The molecular formula is C18H18N4O3. The fraction of sp³-hybridized carbons (Fsp3) is 0.333. The molecule has 1 aromatic carbocycles. The number of aromatic nitrogens is 3. The van der Waals surface area contributed by atoms with Gasteiger partial charge in [0.25, 0.3) is 5.91 Å². The minimum atomic E-state index is -0.642. The standard InChI is InChI=1S/C18H18N4O3/c23-17(13-10-12-6-3-4-7-14(12)25-18(13)24)19-11-16-21-20-15-8-2-1-5-9-22(15)16/h3-4,6-7,10H,1-2,5,8-9,11H2,(H,19,23). The lowest BCUT2D eigenvalue weighted by Gasteiger charge is -2.08. The molecule has 0 fully saturated rings. The van der Waals surface area contributed by atoms with E-state index < -0.39 is 11.5 Å². The lowest BCUT2D eigenvalue weighted by molar-refractivity contribution is 0.0946. The largest absolute Gasteiger partial charge is 0.422 e. The number of fused-ring (bicyclic) bond motifs is 2. The third kappa shape index (κ3) is 3.05. The topological polar surface area (TPSA) is 90.0 Å². The average molecular weight is 338 g/mol. The van der Waals surface area contributed by atoms with Gasteiger partial charge in [0, 0.05) is 18.4 Å². The fourth-order valence-corrected chi connectivity index (χ4v) is 3.15. The molecule has 2 aromatic heterocycles. The lowest BCUT2D eigenvalue weighted by atomic mass is 10.2. The minimum Gasteiger partial charge on any atom is -0.422 e. The van der Waals surface area contributed by atoms with Gasteiger partial charge in [0.1, 0.15) is 17.0 Å². The number of nitrogens with zero attached hydrogens (tertiary/aromatic N) is 3. The van der Waals surface area contributed by atoms with E-state index in [0.29, 0.717) is 11.0 Å². The van der Waals surface area contributed by atoms with Crippen LogP contribution in [0.5, 0.6) is 0 Å². The monoisotopic (exact) mass is 338 g/mol. The summed E-state index contributed by atoms with van der Waals surface area (Å²) in [6, 6.07) is 8.66. The van der Waals surface area contributed by atoms with Gasteiger partial charge in [-0.3, -0.25) is 4.79 Å². The molecule has 1 amide bonds. The van der Waals surface area contributed by atoms with Gasteiger partial charge in [0.2, 0.25) is 0 Å².